The predicted molar refractivity (Wildman–Crippen MR) is 25.5 cm³/mol. The van der Waals surface area contributed by atoms with Crippen LogP contribution in [-0.2, 0) is 0 Å². The summed E-state index contributed by atoms with van der Waals surface area (Å²) in [6.07, 6.45) is 0. The Morgan fingerprint density at radius 1 is 1.83 bits per heavy atom. The Morgan fingerprint density at radius 3 is 2.33 bits per heavy atom. The molecule has 0 aromatic rings. The third kappa shape index (κ3) is 3.46. The second-order valence-corrected chi connectivity index (χ2v) is 1.04. The fraction of sp³-hybridized carbons (Fsp3) is 0.333. The molecule has 0 unspecified atom stereocenters. The van der Waals surface area contributed by atoms with Gasteiger partial charge in [-0.2, -0.15) is 0 Å². The molecular formula is C3H9N3. The summed E-state index contributed by atoms with van der Waals surface area (Å²) < 4.78 is 0. The lowest BCUT2D eigenvalue weighted by atomic mass is 10.5. The highest BCUT2D eigenvalue weighted by molar-refractivity contribution is 4.87. The van der Waals surface area contributed by atoms with E-state index in [9.17, 15) is 0 Å². The number of hydrogen-bond donors (Lipinski definition) is 3. The highest BCUT2D eigenvalue weighted by Crippen LogP contribution is 1.63. The topological polar surface area (TPSA) is 64.1 Å². The predicted octanol–water partition coefficient (Wildman–Crippen LogP) is -1.08. The van der Waals surface area contributed by atoms with Crippen LogP contribution in [0.4, 0.5) is 0 Å². The molecule has 0 aromatic heterocycles. The zero-order chi connectivity index (χ0) is 4.99. The zero-order valence-corrected chi connectivity index (χ0v) is 3.57. The third-order valence-corrected chi connectivity index (χ3v) is 0.329. The molecule has 0 fully saturated rings. The van der Waals surface area contributed by atoms with Crippen LogP contribution in [0, 0.1) is 0 Å². The van der Waals surface area contributed by atoms with Crippen molar-refractivity contribution in [1.29, 1.82) is 0 Å². The Kier molecular flexibility index (Phi) is 2.44. The van der Waals surface area contributed by atoms with Crippen molar-refractivity contribution in [3.8, 4) is 0 Å². The SMILES string of the molecule is C=C(N)CNN. The van der Waals surface area contributed by atoms with Gasteiger partial charge >= 0.3 is 0 Å². The maximum atomic E-state index is 5.07. The minimum Gasteiger partial charge on any atom is -0.401 e. The van der Waals surface area contributed by atoms with E-state index in [1.807, 2.05) is 0 Å². The van der Waals surface area contributed by atoms with Crippen LogP contribution in [0.15, 0.2) is 12.3 Å². The van der Waals surface area contributed by atoms with Gasteiger partial charge in [0.2, 0.25) is 0 Å². The molecule has 0 bridgehead atoms. The van der Waals surface area contributed by atoms with Crippen molar-refractivity contribution in [3.63, 3.8) is 0 Å². The summed E-state index contributed by atoms with van der Waals surface area (Å²) in [6, 6.07) is 0. The van der Waals surface area contributed by atoms with Crippen LogP contribution in [0.5, 0.6) is 0 Å². The Bertz CT molecular complexity index is 50.0. The summed E-state index contributed by atoms with van der Waals surface area (Å²) in [5.41, 5.74) is 7.96. The maximum Gasteiger partial charge on any atom is 0.0488 e. The number of nitrogens with one attached hydrogen (secondary N) is 1. The molecule has 0 spiro atoms. The first-order chi connectivity index (χ1) is 2.77. The first-order valence-corrected chi connectivity index (χ1v) is 1.64. The number of nitrogens with two attached hydrogens (primary N) is 2. The van der Waals surface area contributed by atoms with E-state index in [4.69, 9.17) is 11.6 Å². The quantitative estimate of drug-likeness (QED) is 0.296. The Hall–Kier alpha value is -0.540. The van der Waals surface area contributed by atoms with E-state index < -0.39 is 0 Å². The van der Waals surface area contributed by atoms with Crippen molar-refractivity contribution in [2.75, 3.05) is 6.54 Å². The molecular weight excluding hydrogens is 78.1 g/mol. The Balaban J connectivity index is 2.83. The smallest absolute Gasteiger partial charge is 0.0488 e. The number of hydrogen-bond acceptors (Lipinski definition) is 3. The minimum absolute atomic E-state index is 0.486. The monoisotopic (exact) mass is 87.1 g/mol. The summed E-state index contributed by atoms with van der Waals surface area (Å²) in [5, 5.41) is 0. The van der Waals surface area contributed by atoms with Crippen molar-refractivity contribution < 1.29 is 0 Å². The molecule has 0 heterocycles. The van der Waals surface area contributed by atoms with Crippen molar-refractivity contribution in [2.24, 2.45) is 11.6 Å². The van der Waals surface area contributed by atoms with Gasteiger partial charge in [-0.05, 0) is 0 Å². The van der Waals surface area contributed by atoms with Crippen LogP contribution in [0.25, 0.3) is 0 Å². The van der Waals surface area contributed by atoms with Gasteiger partial charge in [-0.25, -0.2) is 0 Å². The van der Waals surface area contributed by atoms with Crippen molar-refractivity contribution in [2.45, 2.75) is 0 Å². The van der Waals surface area contributed by atoms with Crippen LogP contribution < -0.4 is 17.0 Å². The van der Waals surface area contributed by atoms with E-state index in [-0.39, 0.29) is 0 Å². The zero-order valence-electron chi connectivity index (χ0n) is 3.57. The van der Waals surface area contributed by atoms with Gasteiger partial charge in [0, 0.05) is 12.2 Å². The second-order valence-electron chi connectivity index (χ2n) is 1.04. The fourth-order valence-corrected chi connectivity index (χ4v) is 0.131. The van der Waals surface area contributed by atoms with Crippen LogP contribution in [0.2, 0.25) is 0 Å². The molecule has 0 radical (unpaired) electrons. The van der Waals surface area contributed by atoms with E-state index >= 15 is 0 Å². The molecule has 0 atom stereocenters. The molecule has 0 rings (SSSR count). The van der Waals surface area contributed by atoms with Gasteiger partial charge in [-0.3, -0.25) is 11.3 Å². The van der Waals surface area contributed by atoms with Gasteiger partial charge in [0.15, 0.2) is 0 Å². The molecule has 0 saturated heterocycles. The molecule has 36 valence electrons. The normalized spacial score (nSPS) is 8.17. The van der Waals surface area contributed by atoms with Gasteiger partial charge in [0.1, 0.15) is 0 Å². The molecule has 0 aliphatic heterocycles. The summed E-state index contributed by atoms with van der Waals surface area (Å²) >= 11 is 0. The number of hydrazine groups is 1. The average molecular weight is 87.1 g/mol. The van der Waals surface area contributed by atoms with Gasteiger partial charge in [0.25, 0.3) is 0 Å². The molecule has 3 nitrogen and oxygen atoms in total. The highest BCUT2D eigenvalue weighted by Gasteiger charge is 1.74. The molecule has 3 heteroatoms. The fourth-order valence-electron chi connectivity index (χ4n) is 0.131. The largest absolute Gasteiger partial charge is 0.401 e. The van der Waals surface area contributed by atoms with Gasteiger partial charge < -0.3 is 5.73 Å². The summed E-state index contributed by atoms with van der Waals surface area (Å²) in [5.74, 6) is 4.84. The van der Waals surface area contributed by atoms with Crippen LogP contribution in [-0.4, -0.2) is 6.54 Å². The molecule has 5 N–H and O–H groups in total. The van der Waals surface area contributed by atoms with Gasteiger partial charge in [0.05, 0.1) is 0 Å². The highest BCUT2D eigenvalue weighted by atomic mass is 15.2. The lowest BCUT2D eigenvalue weighted by Gasteiger charge is -1.91. The van der Waals surface area contributed by atoms with Crippen molar-refractivity contribution in [1.82, 2.24) is 5.43 Å². The first-order valence-electron chi connectivity index (χ1n) is 1.64. The van der Waals surface area contributed by atoms with Gasteiger partial charge in [-0.15, -0.1) is 0 Å². The van der Waals surface area contributed by atoms with E-state index in [0.29, 0.717) is 12.2 Å². The maximum absolute atomic E-state index is 5.07. The van der Waals surface area contributed by atoms with Gasteiger partial charge in [-0.1, -0.05) is 6.58 Å². The second kappa shape index (κ2) is 2.68. The summed E-state index contributed by atoms with van der Waals surface area (Å²) in [4.78, 5) is 0. The van der Waals surface area contributed by atoms with Crippen LogP contribution in [0.1, 0.15) is 0 Å². The van der Waals surface area contributed by atoms with Crippen LogP contribution >= 0.6 is 0 Å². The lowest BCUT2D eigenvalue weighted by molar-refractivity contribution is 0.792. The van der Waals surface area contributed by atoms with Crippen molar-refractivity contribution >= 4 is 0 Å². The Labute approximate surface area is 37.0 Å². The molecule has 0 saturated carbocycles. The number of rotatable bonds is 2. The minimum atomic E-state index is 0.486. The Morgan fingerprint density at radius 2 is 2.33 bits per heavy atom. The van der Waals surface area contributed by atoms with E-state index in [1.54, 1.807) is 0 Å². The third-order valence-electron chi connectivity index (χ3n) is 0.329. The molecule has 0 aliphatic carbocycles. The molecule has 0 aliphatic rings. The molecule has 0 aromatic carbocycles. The average Bonchev–Trinajstić information content (AvgIpc) is 1.35. The van der Waals surface area contributed by atoms with E-state index in [2.05, 4.69) is 12.0 Å². The summed E-state index contributed by atoms with van der Waals surface area (Å²) in [6.45, 7) is 3.87. The molecule has 0 amide bonds. The lowest BCUT2D eigenvalue weighted by Crippen LogP contribution is -2.26. The van der Waals surface area contributed by atoms with E-state index in [0.717, 1.165) is 0 Å². The van der Waals surface area contributed by atoms with Crippen molar-refractivity contribution in [3.05, 3.63) is 12.3 Å². The van der Waals surface area contributed by atoms with Crippen LogP contribution in [0.3, 0.4) is 0 Å². The van der Waals surface area contributed by atoms with E-state index in [1.165, 1.54) is 0 Å². The molecule has 6 heavy (non-hydrogen) atoms. The first kappa shape index (κ1) is 5.46. The standard InChI is InChI=1S/C3H9N3/c1-3(4)2-6-5/h6H,1-2,4-5H2. The summed E-state index contributed by atoms with van der Waals surface area (Å²) in [7, 11) is 0.